The first kappa shape index (κ1) is 77.2. The molecular formula is C54H79F5N14O17. The lowest BCUT2D eigenvalue weighted by atomic mass is 9.96. The van der Waals surface area contributed by atoms with Crippen molar-refractivity contribution in [2.24, 2.45) is 35.0 Å². The molecule has 0 saturated heterocycles. The lowest BCUT2D eigenvalue weighted by Crippen LogP contribution is -2.63. The number of esters is 1. The number of nitrogens with one attached hydrogen (secondary N) is 11. The van der Waals surface area contributed by atoms with Crippen LogP contribution in [0.5, 0.6) is 5.75 Å². The minimum Gasteiger partial charge on any atom is -0.445 e. The van der Waals surface area contributed by atoms with E-state index in [4.69, 9.17) is 27.3 Å². The maximum absolute atomic E-state index is 14.5. The summed E-state index contributed by atoms with van der Waals surface area (Å²) >= 11 is 0. The topological polar surface area (TPSA) is 509 Å². The van der Waals surface area contributed by atoms with Crippen molar-refractivity contribution >= 4 is 71.2 Å². The molecule has 36 heteroatoms. The molecule has 0 aliphatic rings. The van der Waals surface area contributed by atoms with Gasteiger partial charge in [-0.15, -0.1) is 0 Å². The second kappa shape index (κ2) is 37.2. The van der Waals surface area contributed by atoms with Gasteiger partial charge >= 0.3 is 12.1 Å². The molecule has 0 fully saturated rings. The third kappa shape index (κ3) is 24.3. The van der Waals surface area contributed by atoms with E-state index in [-0.39, 0.29) is 38.1 Å². The van der Waals surface area contributed by atoms with Crippen LogP contribution in [0, 0.1) is 52.2 Å². The summed E-state index contributed by atoms with van der Waals surface area (Å²) in [4.78, 5) is 147. The molecule has 90 heavy (non-hydrogen) atoms. The van der Waals surface area contributed by atoms with Crippen molar-refractivity contribution in [2.45, 2.75) is 147 Å². The third-order valence-corrected chi connectivity index (χ3v) is 13.3. The van der Waals surface area contributed by atoms with Gasteiger partial charge in [-0.05, 0) is 49.5 Å². The lowest BCUT2D eigenvalue weighted by Gasteiger charge is -2.30. The number of aliphatic hydroxyl groups is 4. The zero-order chi connectivity index (χ0) is 68.4. The predicted molar refractivity (Wildman–Crippen MR) is 304 cm³/mol. The number of halogens is 5. The third-order valence-electron chi connectivity index (χ3n) is 13.3. The van der Waals surface area contributed by atoms with Crippen LogP contribution in [0.1, 0.15) is 79.7 Å². The smallest absolute Gasteiger partial charge is 0.408 e. The van der Waals surface area contributed by atoms with Gasteiger partial charge in [0.15, 0.2) is 12.1 Å². The summed E-state index contributed by atoms with van der Waals surface area (Å²) in [7, 11) is 0. The highest BCUT2D eigenvalue weighted by Gasteiger charge is 2.39. The maximum Gasteiger partial charge on any atom is 0.408 e. The molecule has 2 rings (SSSR count). The molecule has 0 bridgehead atoms. The van der Waals surface area contributed by atoms with E-state index in [1.165, 1.54) is 19.1 Å². The molecule has 10 amide bonds. The van der Waals surface area contributed by atoms with Crippen molar-refractivity contribution in [2.75, 3.05) is 26.2 Å². The molecule has 0 aliphatic carbocycles. The number of primary amides is 1. The number of guanidine groups is 1. The Morgan fingerprint density at radius 3 is 1.69 bits per heavy atom. The highest BCUT2D eigenvalue weighted by molar-refractivity contribution is 5.99. The summed E-state index contributed by atoms with van der Waals surface area (Å²) in [5.74, 6) is -30.0. The first-order chi connectivity index (χ1) is 42.1. The van der Waals surface area contributed by atoms with Crippen LogP contribution in [0.15, 0.2) is 30.3 Å². The summed E-state index contributed by atoms with van der Waals surface area (Å²) in [5, 5.41) is 71.2. The van der Waals surface area contributed by atoms with Crippen molar-refractivity contribution in [3.8, 4) is 5.75 Å². The Kier molecular flexibility index (Phi) is 31.9. The molecule has 0 aliphatic heterocycles. The number of rotatable bonds is 36. The second-order valence-electron chi connectivity index (χ2n) is 21.3. The van der Waals surface area contributed by atoms with Crippen LogP contribution in [-0.2, 0) is 59.3 Å². The van der Waals surface area contributed by atoms with E-state index in [1.807, 2.05) is 21.3 Å². The summed E-state index contributed by atoms with van der Waals surface area (Å²) in [6.07, 6.45) is -6.94. The van der Waals surface area contributed by atoms with Crippen LogP contribution in [0.4, 0.5) is 26.7 Å². The van der Waals surface area contributed by atoms with Crippen molar-refractivity contribution in [3.63, 3.8) is 0 Å². The van der Waals surface area contributed by atoms with E-state index in [1.54, 1.807) is 52.8 Å². The largest absolute Gasteiger partial charge is 0.445 e. The highest BCUT2D eigenvalue weighted by Crippen LogP contribution is 2.29. The minimum absolute atomic E-state index is 0.0464. The van der Waals surface area contributed by atoms with Gasteiger partial charge in [-0.1, -0.05) is 78.3 Å². The van der Waals surface area contributed by atoms with Crippen LogP contribution in [0.3, 0.4) is 0 Å². The average molecular weight is 1290 g/mol. The number of carbonyl (C=O) groups excluding carboxylic acids is 11. The summed E-state index contributed by atoms with van der Waals surface area (Å²) in [5.41, 5.74) is 16.9. The quantitative estimate of drug-likeness (QED) is 0.00448. The zero-order valence-corrected chi connectivity index (χ0v) is 50.1. The van der Waals surface area contributed by atoms with Crippen molar-refractivity contribution in [1.82, 2.24) is 53.2 Å². The molecule has 502 valence electrons. The zero-order valence-electron chi connectivity index (χ0n) is 50.1. The molecule has 12 atom stereocenters. The number of alkyl carbamates (subject to hydrolysis) is 1. The van der Waals surface area contributed by atoms with Gasteiger partial charge in [0.2, 0.25) is 88.0 Å². The monoisotopic (exact) mass is 1290 g/mol. The number of aliphatic hydroxyl groups excluding tert-OH is 4. The summed E-state index contributed by atoms with van der Waals surface area (Å²) in [6, 6.07) is -6.82. The Morgan fingerprint density at radius 1 is 0.611 bits per heavy atom. The summed E-state index contributed by atoms with van der Waals surface area (Å²) < 4.78 is 80.0. The van der Waals surface area contributed by atoms with Crippen LogP contribution in [0.2, 0.25) is 0 Å². The Hall–Kier alpha value is -8.87. The molecule has 0 aromatic heterocycles. The van der Waals surface area contributed by atoms with Crippen LogP contribution in [0.25, 0.3) is 0 Å². The first-order valence-corrected chi connectivity index (χ1v) is 27.9. The Bertz CT molecular complexity index is 2840. The van der Waals surface area contributed by atoms with Gasteiger partial charge in [-0.3, -0.25) is 48.6 Å². The number of carbonyl (C=O) groups is 11. The SMILES string of the molecule is CC[C@H](C)[C@H](NC(=O)[C@@H](CCCNC(=N)N)NC(=O)[C@H](CC(C)C)NC(=O)[C@@H](N)[C@H](O)C(C)C)C(=O)N[C@H](C(=O)NCC(=O)N[C@H](C(=O)N[C@@H](CO)C(=O)NC[C@H](NC(=O)OCc1ccccc1)C(=O)Oc1c(F)c(F)c(F)c(F)c1F)[C@H](O)C(N)=O)[C@H](C)O. The lowest BCUT2D eigenvalue weighted by molar-refractivity contribution is -0.140. The van der Waals surface area contributed by atoms with Gasteiger partial charge in [0.1, 0.15) is 54.9 Å². The van der Waals surface area contributed by atoms with E-state index in [0.717, 1.165) is 6.92 Å². The van der Waals surface area contributed by atoms with Crippen molar-refractivity contribution < 1.29 is 105 Å². The maximum atomic E-state index is 14.5. The van der Waals surface area contributed by atoms with E-state index in [9.17, 15) is 95.1 Å². The second-order valence-corrected chi connectivity index (χ2v) is 21.3. The highest BCUT2D eigenvalue weighted by atomic mass is 19.2. The normalized spacial score (nSPS) is 15.2. The number of amides is 10. The van der Waals surface area contributed by atoms with Gasteiger partial charge in [-0.2, -0.15) is 8.78 Å². The van der Waals surface area contributed by atoms with Gasteiger partial charge in [0.25, 0.3) is 0 Å². The molecule has 0 unspecified atom stereocenters. The van der Waals surface area contributed by atoms with E-state index in [0.29, 0.717) is 5.56 Å². The first-order valence-electron chi connectivity index (χ1n) is 27.9. The van der Waals surface area contributed by atoms with Crippen molar-refractivity contribution in [3.05, 3.63) is 65.0 Å². The predicted octanol–water partition coefficient (Wildman–Crippen LogP) is -4.36. The van der Waals surface area contributed by atoms with E-state index >= 15 is 0 Å². The molecule has 31 nitrogen and oxygen atoms in total. The van der Waals surface area contributed by atoms with E-state index in [2.05, 4.69) is 36.6 Å². The van der Waals surface area contributed by atoms with Gasteiger partial charge < -0.3 is 100 Å². The number of nitrogens with two attached hydrogens (primary N) is 3. The Labute approximate surface area is 512 Å². The fourth-order valence-electron chi connectivity index (χ4n) is 7.90. The summed E-state index contributed by atoms with van der Waals surface area (Å²) in [6.45, 7) is 6.78. The number of hydrogen-bond donors (Lipinski definition) is 18. The molecule has 2 aromatic rings. The fraction of sp³-hybridized carbons (Fsp3) is 0.556. The van der Waals surface area contributed by atoms with Crippen molar-refractivity contribution in [1.29, 1.82) is 5.41 Å². The van der Waals surface area contributed by atoms with Gasteiger partial charge in [0, 0.05) is 13.1 Å². The molecule has 0 spiro atoms. The number of hydrogen-bond acceptors (Lipinski definition) is 19. The molecule has 0 saturated carbocycles. The molecule has 0 heterocycles. The Morgan fingerprint density at radius 2 is 1.16 bits per heavy atom. The minimum atomic E-state index is -2.64. The fourth-order valence-corrected chi connectivity index (χ4v) is 7.90. The van der Waals surface area contributed by atoms with Crippen LogP contribution in [-0.4, -0.2) is 185 Å². The van der Waals surface area contributed by atoms with Crippen LogP contribution >= 0.6 is 0 Å². The Balaban J connectivity index is 2.31. The van der Waals surface area contributed by atoms with E-state index < -0.39 is 211 Å². The molecule has 21 N–H and O–H groups in total. The van der Waals surface area contributed by atoms with Crippen LogP contribution < -0.4 is 75.1 Å². The van der Waals surface area contributed by atoms with Gasteiger partial charge in [-0.25, -0.2) is 22.8 Å². The molecule has 2 aromatic carbocycles. The number of ether oxygens (including phenoxy) is 2. The number of benzene rings is 2. The van der Waals surface area contributed by atoms with Gasteiger partial charge in [0.05, 0.1) is 25.4 Å². The average Bonchev–Trinajstić information content (AvgIpc) is 1.39. The molecular weight excluding hydrogens is 1210 g/mol. The molecule has 0 radical (unpaired) electrons. The standard InChI is InChI=1S/C54H79F5N14O17/c1-8-24(6)38(72-46(81)27(15-12-16-64-53(62)63)67-47(82)28(17-22(2)3)68-48(83)37(60)41(77)23(4)5)50(85)73-39(25(7)75)49(84)66-19-31(76)71-40(42(78)44(61)79)51(86)69-30(20-74)45(80)65-18-29(70-54(88)89-21-26-13-10-9-11-14-26)52(87)90-43-35(58)33(56)32(55)34(57)36(43)59/h9-11,13-14,22-25,27-30,37-42,74-75,77-78H,8,12,15-21,60H2,1-7H3,(H2,61,79)(H,65,80)(H,66,84)(H,67,82)(H,68,83)(H,69,86)(H,70,88)(H,71,76)(H,72,81)(H,73,85)(H4,62,63,64)/t24-,25-,27+,28-,29-,30-,37-,38-,39-,40-,41+,42-/m0/s1.